The zero-order valence-electron chi connectivity index (χ0n) is 7.44. The van der Waals surface area contributed by atoms with E-state index in [1.165, 1.54) is 0 Å². The average molecular weight is 199 g/mol. The summed E-state index contributed by atoms with van der Waals surface area (Å²) in [5, 5.41) is 8.57. The van der Waals surface area contributed by atoms with Crippen molar-refractivity contribution in [1.29, 1.82) is 5.26 Å². The highest BCUT2D eigenvalue weighted by Crippen LogP contribution is 2.42. The molecule has 0 bridgehead atoms. The quantitative estimate of drug-likeness (QED) is 0.669. The van der Waals surface area contributed by atoms with E-state index >= 15 is 0 Å². The number of nitrogens with zero attached hydrogens (tertiary/aromatic N) is 1. The van der Waals surface area contributed by atoms with Gasteiger partial charge in [-0.15, -0.1) is 0 Å². The summed E-state index contributed by atoms with van der Waals surface area (Å²) in [7, 11) is -2.93. The maximum Gasteiger partial charge on any atom is 0.154 e. The lowest BCUT2D eigenvalue weighted by molar-refractivity contribution is 0.509. The third-order valence-electron chi connectivity index (χ3n) is 3.06. The monoisotopic (exact) mass is 199 g/mol. The topological polar surface area (TPSA) is 57.9 Å². The van der Waals surface area contributed by atoms with E-state index in [2.05, 4.69) is 6.07 Å². The van der Waals surface area contributed by atoms with Crippen LogP contribution in [-0.2, 0) is 9.84 Å². The molecule has 2 fully saturated rings. The van der Waals surface area contributed by atoms with Gasteiger partial charge in [-0.3, -0.25) is 0 Å². The highest BCUT2D eigenvalue weighted by Gasteiger charge is 2.44. The van der Waals surface area contributed by atoms with Crippen molar-refractivity contribution in [3.63, 3.8) is 0 Å². The van der Waals surface area contributed by atoms with Crippen molar-refractivity contribution in [3.8, 4) is 6.07 Å². The zero-order chi connectivity index (χ0) is 9.47. The van der Waals surface area contributed by atoms with Crippen LogP contribution in [0.3, 0.4) is 0 Å². The molecule has 3 nitrogen and oxygen atoms in total. The Hall–Kier alpha value is -0.560. The Labute approximate surface area is 78.7 Å². The maximum absolute atomic E-state index is 11.5. The summed E-state index contributed by atoms with van der Waals surface area (Å²) in [6, 6.07) is 2.18. The van der Waals surface area contributed by atoms with E-state index in [0.717, 1.165) is 19.3 Å². The standard InChI is InChI=1S/C9H13NO2S/c10-6-8(7-3-4-7)9-2-1-5-13(9,11)12/h7-9H,1-5H2. The first kappa shape index (κ1) is 9.01. The first-order chi connectivity index (χ1) is 6.15. The summed E-state index contributed by atoms with van der Waals surface area (Å²) in [6.45, 7) is 0. The SMILES string of the molecule is N#CC(C1CC1)C1CCCS1(=O)=O. The molecule has 1 aliphatic heterocycles. The van der Waals surface area contributed by atoms with Crippen molar-refractivity contribution >= 4 is 9.84 Å². The number of sulfone groups is 1. The third-order valence-corrected chi connectivity index (χ3v) is 5.37. The van der Waals surface area contributed by atoms with Gasteiger partial charge < -0.3 is 0 Å². The lowest BCUT2D eigenvalue weighted by atomic mass is 9.98. The van der Waals surface area contributed by atoms with Crippen LogP contribution >= 0.6 is 0 Å². The minimum Gasteiger partial charge on any atom is -0.229 e. The predicted octanol–water partition coefficient (Wildman–Crippen LogP) is 1.11. The third kappa shape index (κ3) is 1.58. The smallest absolute Gasteiger partial charge is 0.154 e. The van der Waals surface area contributed by atoms with Gasteiger partial charge in [0.05, 0.1) is 23.0 Å². The van der Waals surface area contributed by atoms with Gasteiger partial charge in [0.2, 0.25) is 0 Å². The van der Waals surface area contributed by atoms with Crippen molar-refractivity contribution in [2.45, 2.75) is 30.9 Å². The molecule has 1 saturated carbocycles. The second-order valence-electron chi connectivity index (χ2n) is 4.04. The van der Waals surface area contributed by atoms with Crippen molar-refractivity contribution in [3.05, 3.63) is 0 Å². The van der Waals surface area contributed by atoms with Gasteiger partial charge in [0, 0.05) is 0 Å². The lowest BCUT2D eigenvalue weighted by Crippen LogP contribution is -2.26. The van der Waals surface area contributed by atoms with Crippen LogP contribution in [0.4, 0.5) is 0 Å². The molecule has 13 heavy (non-hydrogen) atoms. The average Bonchev–Trinajstić information content (AvgIpc) is 2.81. The molecule has 4 heteroatoms. The first-order valence-electron chi connectivity index (χ1n) is 4.76. The minimum atomic E-state index is -2.93. The van der Waals surface area contributed by atoms with E-state index in [9.17, 15) is 8.42 Å². The van der Waals surface area contributed by atoms with Gasteiger partial charge in [-0.05, 0) is 31.6 Å². The molecule has 2 aliphatic rings. The molecule has 1 heterocycles. The fraction of sp³-hybridized carbons (Fsp3) is 0.889. The van der Waals surface area contributed by atoms with E-state index in [1.807, 2.05) is 0 Å². The first-order valence-corrected chi connectivity index (χ1v) is 6.48. The van der Waals surface area contributed by atoms with E-state index in [0.29, 0.717) is 18.1 Å². The summed E-state index contributed by atoms with van der Waals surface area (Å²) in [5.74, 6) is 0.457. The molecule has 0 aromatic carbocycles. The van der Waals surface area contributed by atoms with Gasteiger partial charge in [0.25, 0.3) is 0 Å². The van der Waals surface area contributed by atoms with Crippen molar-refractivity contribution in [2.75, 3.05) is 5.75 Å². The van der Waals surface area contributed by atoms with Crippen LogP contribution in [0.5, 0.6) is 0 Å². The van der Waals surface area contributed by atoms with Crippen LogP contribution < -0.4 is 0 Å². The van der Waals surface area contributed by atoms with E-state index in [4.69, 9.17) is 5.26 Å². The molecule has 1 saturated heterocycles. The Morgan fingerprint density at radius 3 is 2.38 bits per heavy atom. The van der Waals surface area contributed by atoms with Crippen LogP contribution in [0, 0.1) is 23.2 Å². The Morgan fingerprint density at radius 1 is 1.31 bits per heavy atom. The zero-order valence-corrected chi connectivity index (χ0v) is 8.26. The number of hydrogen-bond acceptors (Lipinski definition) is 3. The molecule has 0 amide bonds. The second kappa shape index (κ2) is 2.98. The van der Waals surface area contributed by atoms with Crippen molar-refractivity contribution in [2.24, 2.45) is 11.8 Å². The second-order valence-corrected chi connectivity index (χ2v) is 6.38. The van der Waals surface area contributed by atoms with Crippen molar-refractivity contribution < 1.29 is 8.42 Å². The summed E-state index contributed by atoms with van der Waals surface area (Å²) >= 11 is 0. The normalized spacial score (nSPS) is 33.9. The molecule has 0 aromatic heterocycles. The maximum atomic E-state index is 11.5. The predicted molar refractivity (Wildman–Crippen MR) is 48.6 cm³/mol. The molecule has 0 spiro atoms. The van der Waals surface area contributed by atoms with Gasteiger partial charge in [0.1, 0.15) is 0 Å². The molecule has 2 rings (SSSR count). The Kier molecular flexibility index (Phi) is 2.07. The molecular weight excluding hydrogens is 186 g/mol. The van der Waals surface area contributed by atoms with E-state index in [1.54, 1.807) is 0 Å². The summed E-state index contributed by atoms with van der Waals surface area (Å²) in [6.07, 6.45) is 3.55. The Balaban J connectivity index is 2.19. The van der Waals surface area contributed by atoms with Gasteiger partial charge in [-0.1, -0.05) is 0 Å². The largest absolute Gasteiger partial charge is 0.229 e. The molecule has 2 unspecified atom stereocenters. The molecule has 72 valence electrons. The van der Waals surface area contributed by atoms with E-state index < -0.39 is 9.84 Å². The number of hydrogen-bond donors (Lipinski definition) is 0. The van der Waals surface area contributed by atoms with Crippen LogP contribution in [0.25, 0.3) is 0 Å². The van der Waals surface area contributed by atoms with Crippen LogP contribution in [-0.4, -0.2) is 19.4 Å². The summed E-state index contributed by atoms with van der Waals surface area (Å²) < 4.78 is 23.1. The highest BCUT2D eigenvalue weighted by molar-refractivity contribution is 7.92. The molecular formula is C9H13NO2S. The molecule has 0 N–H and O–H groups in total. The molecule has 0 aromatic rings. The van der Waals surface area contributed by atoms with Crippen LogP contribution in [0.1, 0.15) is 25.7 Å². The molecule has 2 atom stereocenters. The highest BCUT2D eigenvalue weighted by atomic mass is 32.2. The summed E-state index contributed by atoms with van der Waals surface area (Å²) in [5.41, 5.74) is 0. The molecule has 0 radical (unpaired) electrons. The van der Waals surface area contributed by atoms with Crippen LogP contribution in [0.15, 0.2) is 0 Å². The van der Waals surface area contributed by atoms with Gasteiger partial charge in [-0.25, -0.2) is 8.42 Å². The number of nitriles is 1. The Bertz CT molecular complexity index is 337. The van der Waals surface area contributed by atoms with E-state index in [-0.39, 0.29) is 11.2 Å². The summed E-state index contributed by atoms with van der Waals surface area (Å²) in [4.78, 5) is 0. The number of rotatable bonds is 2. The minimum absolute atomic E-state index is 0.215. The van der Waals surface area contributed by atoms with Gasteiger partial charge >= 0.3 is 0 Å². The van der Waals surface area contributed by atoms with Crippen LogP contribution in [0.2, 0.25) is 0 Å². The fourth-order valence-electron chi connectivity index (χ4n) is 2.17. The fourth-order valence-corrected chi connectivity index (χ4v) is 4.29. The van der Waals surface area contributed by atoms with Crippen molar-refractivity contribution in [1.82, 2.24) is 0 Å². The van der Waals surface area contributed by atoms with Gasteiger partial charge in [-0.2, -0.15) is 5.26 Å². The molecule has 1 aliphatic carbocycles. The van der Waals surface area contributed by atoms with Gasteiger partial charge in [0.15, 0.2) is 9.84 Å². The lowest BCUT2D eigenvalue weighted by Gasteiger charge is -2.14. The Morgan fingerprint density at radius 2 is 2.00 bits per heavy atom.